The highest BCUT2D eigenvalue weighted by molar-refractivity contribution is 5.44. The predicted octanol–water partition coefficient (Wildman–Crippen LogP) is 2.64. The maximum absolute atomic E-state index is 12.9. The van der Waals surface area contributed by atoms with E-state index in [0.717, 1.165) is 37.8 Å². The highest BCUT2D eigenvalue weighted by atomic mass is 19.4. The van der Waals surface area contributed by atoms with Crippen molar-refractivity contribution < 1.29 is 13.2 Å². The van der Waals surface area contributed by atoms with E-state index >= 15 is 0 Å². The van der Waals surface area contributed by atoms with Crippen molar-refractivity contribution in [3.05, 3.63) is 47.5 Å². The molecule has 1 aliphatic heterocycles. The number of piperidine rings is 1. The molecule has 28 heavy (non-hydrogen) atoms. The van der Waals surface area contributed by atoms with Gasteiger partial charge in [-0.15, -0.1) is 14.8 Å². The molecule has 2 aromatic heterocycles. The van der Waals surface area contributed by atoms with Crippen molar-refractivity contribution in [3.8, 4) is 0 Å². The number of rotatable bonds is 4. The van der Waals surface area contributed by atoms with Crippen LogP contribution in [0.15, 0.2) is 36.4 Å². The molecule has 0 spiro atoms. The van der Waals surface area contributed by atoms with Crippen LogP contribution in [0.3, 0.4) is 0 Å². The third-order valence-corrected chi connectivity index (χ3v) is 5.15. The summed E-state index contributed by atoms with van der Waals surface area (Å²) in [5, 5.41) is 15.7. The second-order valence-corrected chi connectivity index (χ2v) is 7.05. The minimum atomic E-state index is -4.31. The standard InChI is InChI=1S/C18H20F3N7/c1-26(12-13-3-2-4-14(11-13)18(19,20)21)15-7-9-27(10-8-15)17-6-5-16-22-24-25-28(16)23-17/h2-6,11,15H,7-10,12H2,1H3. The molecule has 3 aromatic rings. The molecule has 3 heterocycles. The molecule has 7 nitrogen and oxygen atoms in total. The lowest BCUT2D eigenvalue weighted by molar-refractivity contribution is -0.137. The molecule has 1 fully saturated rings. The first-order chi connectivity index (χ1) is 13.4. The molecular formula is C18H20F3N7. The Kier molecular flexibility index (Phi) is 4.88. The third-order valence-electron chi connectivity index (χ3n) is 5.15. The number of nitrogens with zero attached hydrogens (tertiary/aromatic N) is 7. The van der Waals surface area contributed by atoms with E-state index in [9.17, 15) is 13.2 Å². The van der Waals surface area contributed by atoms with Gasteiger partial charge in [-0.05, 0) is 54.1 Å². The van der Waals surface area contributed by atoms with Crippen LogP contribution in [-0.2, 0) is 12.7 Å². The van der Waals surface area contributed by atoms with Crippen LogP contribution in [0.2, 0.25) is 0 Å². The largest absolute Gasteiger partial charge is 0.416 e. The summed E-state index contributed by atoms with van der Waals surface area (Å²) in [7, 11) is 1.96. The number of anilines is 1. The predicted molar refractivity (Wildman–Crippen MR) is 96.7 cm³/mol. The minimum absolute atomic E-state index is 0.308. The van der Waals surface area contributed by atoms with E-state index in [0.29, 0.717) is 23.8 Å². The summed E-state index contributed by atoms with van der Waals surface area (Å²) in [5.74, 6) is 0.818. The minimum Gasteiger partial charge on any atom is -0.355 e. The molecule has 1 aromatic carbocycles. The van der Waals surface area contributed by atoms with Crippen molar-refractivity contribution in [2.45, 2.75) is 31.6 Å². The average Bonchev–Trinajstić information content (AvgIpc) is 3.15. The van der Waals surface area contributed by atoms with E-state index in [4.69, 9.17) is 0 Å². The van der Waals surface area contributed by atoms with E-state index in [2.05, 4.69) is 30.4 Å². The second kappa shape index (κ2) is 7.34. The van der Waals surface area contributed by atoms with Gasteiger partial charge < -0.3 is 4.90 Å². The smallest absolute Gasteiger partial charge is 0.355 e. The summed E-state index contributed by atoms with van der Waals surface area (Å²) in [6, 6.07) is 9.59. The molecule has 0 bridgehead atoms. The first-order valence-corrected chi connectivity index (χ1v) is 9.07. The molecule has 10 heteroatoms. The third kappa shape index (κ3) is 3.91. The van der Waals surface area contributed by atoms with E-state index in [1.54, 1.807) is 6.07 Å². The normalized spacial score (nSPS) is 16.2. The fourth-order valence-corrected chi connectivity index (χ4v) is 3.61. The Morgan fingerprint density at radius 3 is 2.68 bits per heavy atom. The number of hydrogen-bond donors (Lipinski definition) is 0. The van der Waals surface area contributed by atoms with E-state index in [-0.39, 0.29) is 0 Å². The zero-order valence-electron chi connectivity index (χ0n) is 15.3. The van der Waals surface area contributed by atoms with Crippen molar-refractivity contribution in [2.75, 3.05) is 25.0 Å². The molecule has 4 rings (SSSR count). The summed E-state index contributed by atoms with van der Waals surface area (Å²) in [6.07, 6.45) is -2.50. The topological polar surface area (TPSA) is 62.5 Å². The molecule has 148 valence electrons. The fourth-order valence-electron chi connectivity index (χ4n) is 3.61. The Labute approximate surface area is 159 Å². The quantitative estimate of drug-likeness (QED) is 0.681. The van der Waals surface area contributed by atoms with Crippen LogP contribution in [0.4, 0.5) is 19.0 Å². The van der Waals surface area contributed by atoms with Gasteiger partial charge in [-0.25, -0.2) is 0 Å². The molecule has 0 radical (unpaired) electrons. The lowest BCUT2D eigenvalue weighted by Gasteiger charge is -2.37. The molecular weight excluding hydrogens is 371 g/mol. The van der Waals surface area contributed by atoms with E-state index < -0.39 is 11.7 Å². The van der Waals surface area contributed by atoms with Crippen molar-refractivity contribution in [3.63, 3.8) is 0 Å². The molecule has 1 aliphatic rings. The van der Waals surface area contributed by atoms with Crippen LogP contribution in [0, 0.1) is 0 Å². The number of benzene rings is 1. The first-order valence-electron chi connectivity index (χ1n) is 9.07. The maximum Gasteiger partial charge on any atom is 0.416 e. The van der Waals surface area contributed by atoms with Gasteiger partial charge >= 0.3 is 6.18 Å². The van der Waals surface area contributed by atoms with Gasteiger partial charge in [0.2, 0.25) is 0 Å². The molecule has 0 N–H and O–H groups in total. The van der Waals surface area contributed by atoms with Gasteiger partial charge in [0.15, 0.2) is 11.5 Å². The van der Waals surface area contributed by atoms with Crippen LogP contribution >= 0.6 is 0 Å². The van der Waals surface area contributed by atoms with Crippen LogP contribution in [0.1, 0.15) is 24.0 Å². The maximum atomic E-state index is 12.9. The van der Waals surface area contributed by atoms with Crippen molar-refractivity contribution >= 4 is 11.5 Å². The number of aromatic nitrogens is 5. The van der Waals surface area contributed by atoms with E-state index in [1.165, 1.54) is 16.8 Å². The number of fused-ring (bicyclic) bond motifs is 1. The van der Waals surface area contributed by atoms with Gasteiger partial charge in [0.05, 0.1) is 5.56 Å². The zero-order valence-corrected chi connectivity index (χ0v) is 15.3. The highest BCUT2D eigenvalue weighted by Crippen LogP contribution is 2.30. The Hall–Kier alpha value is -2.75. The lowest BCUT2D eigenvalue weighted by Crippen LogP contribution is -2.43. The van der Waals surface area contributed by atoms with Gasteiger partial charge in [0.25, 0.3) is 0 Å². The summed E-state index contributed by atoms with van der Waals surface area (Å²) in [5.41, 5.74) is 0.669. The van der Waals surface area contributed by atoms with Gasteiger partial charge in [-0.2, -0.15) is 13.2 Å². The van der Waals surface area contributed by atoms with Crippen molar-refractivity contribution in [1.82, 2.24) is 30.2 Å². The fraction of sp³-hybridized carbons (Fsp3) is 0.444. The van der Waals surface area contributed by atoms with E-state index in [1.807, 2.05) is 19.2 Å². The first kappa shape index (κ1) is 18.6. The Morgan fingerprint density at radius 2 is 1.93 bits per heavy atom. The summed E-state index contributed by atoms with van der Waals surface area (Å²) < 4.78 is 40.1. The molecule has 0 aliphatic carbocycles. The zero-order chi connectivity index (χ0) is 19.7. The Bertz CT molecular complexity index is 948. The molecule has 0 saturated carbocycles. The summed E-state index contributed by atoms with van der Waals surface area (Å²) in [6.45, 7) is 2.12. The Balaban J connectivity index is 1.37. The number of halogens is 3. The second-order valence-electron chi connectivity index (χ2n) is 7.05. The molecule has 0 amide bonds. The molecule has 0 unspecified atom stereocenters. The highest BCUT2D eigenvalue weighted by Gasteiger charge is 2.30. The lowest BCUT2D eigenvalue weighted by atomic mass is 10.0. The van der Waals surface area contributed by atoms with Crippen LogP contribution in [-0.4, -0.2) is 56.3 Å². The number of tetrazole rings is 1. The van der Waals surface area contributed by atoms with Gasteiger partial charge in [0.1, 0.15) is 0 Å². The van der Waals surface area contributed by atoms with Gasteiger partial charge in [0, 0.05) is 25.7 Å². The van der Waals surface area contributed by atoms with Crippen molar-refractivity contribution in [1.29, 1.82) is 0 Å². The van der Waals surface area contributed by atoms with Gasteiger partial charge in [-0.3, -0.25) is 4.90 Å². The molecule has 0 atom stereocenters. The van der Waals surface area contributed by atoms with Crippen molar-refractivity contribution in [2.24, 2.45) is 0 Å². The monoisotopic (exact) mass is 391 g/mol. The average molecular weight is 391 g/mol. The Morgan fingerprint density at radius 1 is 1.14 bits per heavy atom. The number of hydrogen-bond acceptors (Lipinski definition) is 6. The van der Waals surface area contributed by atoms with Crippen LogP contribution in [0.5, 0.6) is 0 Å². The van der Waals surface area contributed by atoms with Crippen LogP contribution < -0.4 is 4.90 Å². The van der Waals surface area contributed by atoms with Gasteiger partial charge in [-0.1, -0.05) is 18.2 Å². The summed E-state index contributed by atoms with van der Waals surface area (Å²) >= 11 is 0. The van der Waals surface area contributed by atoms with Crippen LogP contribution in [0.25, 0.3) is 5.65 Å². The summed E-state index contributed by atoms with van der Waals surface area (Å²) in [4.78, 5) is 4.31. The SMILES string of the molecule is CN(Cc1cccc(C(F)(F)F)c1)C1CCN(c2ccc3nnnn3n2)CC1. The number of alkyl halides is 3. The molecule has 1 saturated heterocycles.